The second-order valence-electron chi connectivity index (χ2n) is 4.69. The topological polar surface area (TPSA) is 13.1 Å². The van der Waals surface area contributed by atoms with Gasteiger partial charge in [0.15, 0.2) is 0 Å². The van der Waals surface area contributed by atoms with Crippen LogP contribution in [0.5, 0.6) is 0 Å². The summed E-state index contributed by atoms with van der Waals surface area (Å²) in [5, 5.41) is -0.812. The Morgan fingerprint density at radius 3 is 2.33 bits per heavy atom. The first-order valence-electron chi connectivity index (χ1n) is 6.12. The molecule has 3 rings (SSSR count). The average Bonchev–Trinajstić information content (AvgIpc) is 2.84. The zero-order valence-electron chi connectivity index (χ0n) is 10.5. The normalized spacial score (nSPS) is 14.2. The SMILES string of the molecule is FC(F)C(F)(F)C(Cl)c1ccc2oc3ccccc3c2c1. The predicted octanol–water partition coefficient (Wildman–Crippen LogP) is 5.77. The van der Waals surface area contributed by atoms with Crippen LogP contribution in [0.4, 0.5) is 17.6 Å². The van der Waals surface area contributed by atoms with Crippen LogP contribution in [0.1, 0.15) is 10.9 Å². The van der Waals surface area contributed by atoms with Gasteiger partial charge < -0.3 is 4.42 Å². The zero-order chi connectivity index (χ0) is 15.2. The smallest absolute Gasteiger partial charge is 0.327 e. The number of rotatable bonds is 3. The number of alkyl halides is 5. The van der Waals surface area contributed by atoms with Crippen LogP contribution in [0, 0.1) is 0 Å². The summed E-state index contributed by atoms with van der Waals surface area (Å²) in [7, 11) is 0. The van der Waals surface area contributed by atoms with Crippen LogP contribution in [-0.2, 0) is 0 Å². The molecule has 0 aliphatic rings. The molecule has 0 radical (unpaired) electrons. The molecule has 0 spiro atoms. The molecule has 110 valence electrons. The van der Waals surface area contributed by atoms with Crippen LogP contribution in [0.15, 0.2) is 46.9 Å². The van der Waals surface area contributed by atoms with E-state index in [-0.39, 0.29) is 5.56 Å². The lowest BCUT2D eigenvalue weighted by Crippen LogP contribution is -2.31. The molecule has 0 aliphatic carbocycles. The van der Waals surface area contributed by atoms with Gasteiger partial charge in [0.2, 0.25) is 0 Å². The second-order valence-corrected chi connectivity index (χ2v) is 5.13. The van der Waals surface area contributed by atoms with Gasteiger partial charge in [-0.25, -0.2) is 8.78 Å². The first-order chi connectivity index (χ1) is 9.91. The molecule has 1 nitrogen and oxygen atoms in total. The molecule has 1 aromatic heterocycles. The summed E-state index contributed by atoms with van der Waals surface area (Å²) >= 11 is 5.55. The molecule has 6 heteroatoms. The van der Waals surface area contributed by atoms with Crippen molar-refractivity contribution in [2.24, 2.45) is 0 Å². The molecule has 0 saturated carbocycles. The Morgan fingerprint density at radius 1 is 0.952 bits per heavy atom. The van der Waals surface area contributed by atoms with E-state index in [0.29, 0.717) is 16.6 Å². The van der Waals surface area contributed by atoms with E-state index in [1.54, 1.807) is 24.3 Å². The predicted molar refractivity (Wildman–Crippen MR) is 73.3 cm³/mol. The first kappa shape index (κ1) is 14.2. The number of benzene rings is 2. The van der Waals surface area contributed by atoms with E-state index in [4.69, 9.17) is 16.0 Å². The van der Waals surface area contributed by atoms with E-state index in [9.17, 15) is 17.6 Å². The Morgan fingerprint density at radius 2 is 1.62 bits per heavy atom. The molecule has 0 N–H and O–H groups in total. The number of hydrogen-bond acceptors (Lipinski definition) is 1. The fourth-order valence-corrected chi connectivity index (χ4v) is 2.47. The van der Waals surface area contributed by atoms with E-state index in [1.165, 1.54) is 18.2 Å². The Bertz CT molecular complexity index is 797. The highest BCUT2D eigenvalue weighted by atomic mass is 35.5. The third-order valence-corrected chi connectivity index (χ3v) is 3.87. The van der Waals surface area contributed by atoms with Gasteiger partial charge in [-0.05, 0) is 23.8 Å². The second kappa shape index (κ2) is 4.91. The molecular formula is C15H9ClF4O. The Kier molecular flexibility index (Phi) is 3.32. The quantitative estimate of drug-likeness (QED) is 0.442. The molecule has 1 unspecified atom stereocenters. The van der Waals surface area contributed by atoms with Gasteiger partial charge in [-0.3, -0.25) is 0 Å². The largest absolute Gasteiger partial charge is 0.456 e. The first-order valence-corrected chi connectivity index (χ1v) is 6.56. The van der Waals surface area contributed by atoms with Crippen LogP contribution >= 0.6 is 11.6 Å². The van der Waals surface area contributed by atoms with Gasteiger partial charge in [0.05, 0.1) is 0 Å². The van der Waals surface area contributed by atoms with Crippen molar-refractivity contribution in [2.75, 3.05) is 0 Å². The van der Waals surface area contributed by atoms with Crippen molar-refractivity contribution >= 4 is 33.5 Å². The van der Waals surface area contributed by atoms with Crippen molar-refractivity contribution in [3.05, 3.63) is 48.0 Å². The maximum atomic E-state index is 13.4. The van der Waals surface area contributed by atoms with Gasteiger partial charge >= 0.3 is 12.3 Å². The minimum absolute atomic E-state index is 0.0685. The van der Waals surface area contributed by atoms with E-state index < -0.39 is 17.7 Å². The van der Waals surface area contributed by atoms with Crippen molar-refractivity contribution in [2.45, 2.75) is 17.7 Å². The van der Waals surface area contributed by atoms with Crippen molar-refractivity contribution in [1.29, 1.82) is 0 Å². The number of halogens is 5. The van der Waals surface area contributed by atoms with Gasteiger partial charge in [-0.1, -0.05) is 24.3 Å². The minimum Gasteiger partial charge on any atom is -0.456 e. The minimum atomic E-state index is -4.30. The fourth-order valence-electron chi connectivity index (χ4n) is 2.23. The molecule has 2 aromatic carbocycles. The highest BCUT2D eigenvalue weighted by molar-refractivity contribution is 6.21. The van der Waals surface area contributed by atoms with E-state index in [1.807, 2.05) is 0 Å². The van der Waals surface area contributed by atoms with Gasteiger partial charge in [-0.2, -0.15) is 8.78 Å². The van der Waals surface area contributed by atoms with Crippen LogP contribution in [0.25, 0.3) is 21.9 Å². The molecule has 3 aromatic rings. The fraction of sp³-hybridized carbons (Fsp3) is 0.200. The highest BCUT2D eigenvalue weighted by Gasteiger charge is 2.48. The molecule has 1 heterocycles. The summed E-state index contributed by atoms with van der Waals surface area (Å²) in [5.74, 6) is -4.30. The van der Waals surface area contributed by atoms with Gasteiger partial charge in [0.25, 0.3) is 0 Å². The monoisotopic (exact) mass is 316 g/mol. The zero-order valence-corrected chi connectivity index (χ0v) is 11.3. The molecular weight excluding hydrogens is 308 g/mol. The Labute approximate surface area is 122 Å². The van der Waals surface area contributed by atoms with Crippen LogP contribution in [-0.4, -0.2) is 12.3 Å². The molecule has 0 aliphatic heterocycles. The summed E-state index contributed by atoms with van der Waals surface area (Å²) in [6.07, 6.45) is -3.82. The van der Waals surface area contributed by atoms with Crippen LogP contribution in [0.2, 0.25) is 0 Å². The number of fused-ring (bicyclic) bond motifs is 3. The maximum absolute atomic E-state index is 13.4. The van der Waals surface area contributed by atoms with Crippen molar-refractivity contribution in [1.82, 2.24) is 0 Å². The summed E-state index contributed by atoms with van der Waals surface area (Å²) < 4.78 is 57.1. The van der Waals surface area contributed by atoms with Crippen molar-refractivity contribution in [3.8, 4) is 0 Å². The molecule has 1 atom stereocenters. The summed E-state index contributed by atoms with van der Waals surface area (Å²) in [6, 6.07) is 11.2. The van der Waals surface area contributed by atoms with Crippen molar-refractivity contribution < 1.29 is 22.0 Å². The number of para-hydroxylation sites is 1. The van der Waals surface area contributed by atoms with E-state index in [0.717, 1.165) is 5.39 Å². The summed E-state index contributed by atoms with van der Waals surface area (Å²) in [5.41, 5.74) is 1.02. The van der Waals surface area contributed by atoms with Gasteiger partial charge in [0, 0.05) is 10.8 Å². The third kappa shape index (κ3) is 2.25. The maximum Gasteiger partial charge on any atom is 0.327 e. The average molecular weight is 317 g/mol. The van der Waals surface area contributed by atoms with Crippen LogP contribution < -0.4 is 0 Å². The van der Waals surface area contributed by atoms with E-state index in [2.05, 4.69) is 0 Å². The van der Waals surface area contributed by atoms with Crippen LogP contribution in [0.3, 0.4) is 0 Å². The molecule has 0 bridgehead atoms. The third-order valence-electron chi connectivity index (χ3n) is 3.32. The van der Waals surface area contributed by atoms with Gasteiger partial charge in [-0.15, -0.1) is 11.6 Å². The lowest BCUT2D eigenvalue weighted by molar-refractivity contribution is -0.130. The number of hydrogen-bond donors (Lipinski definition) is 0. The molecule has 0 saturated heterocycles. The van der Waals surface area contributed by atoms with Gasteiger partial charge in [0.1, 0.15) is 16.5 Å². The molecule has 0 fully saturated rings. The van der Waals surface area contributed by atoms with Crippen molar-refractivity contribution in [3.63, 3.8) is 0 Å². The lowest BCUT2D eigenvalue weighted by atomic mass is 10.0. The standard InChI is InChI=1S/C15H9ClF4O/c16-13(15(19,20)14(17)18)8-5-6-12-10(7-8)9-3-1-2-4-11(9)21-12/h1-7,13-14H. The molecule has 21 heavy (non-hydrogen) atoms. The Hall–Kier alpha value is -1.75. The van der Waals surface area contributed by atoms with E-state index >= 15 is 0 Å². The lowest BCUT2D eigenvalue weighted by Gasteiger charge is -2.21. The summed E-state index contributed by atoms with van der Waals surface area (Å²) in [4.78, 5) is 0. The molecule has 0 amide bonds. The summed E-state index contributed by atoms with van der Waals surface area (Å²) in [6.45, 7) is 0. The highest BCUT2D eigenvalue weighted by Crippen LogP contribution is 2.42. The number of furan rings is 1. The Balaban J connectivity index is 2.14.